The van der Waals surface area contributed by atoms with Crippen molar-refractivity contribution in [2.45, 2.75) is 25.0 Å². The highest BCUT2D eigenvalue weighted by atomic mass is 32.2. The van der Waals surface area contributed by atoms with Gasteiger partial charge in [0.05, 0.1) is 25.5 Å². The Morgan fingerprint density at radius 1 is 1.19 bits per heavy atom. The number of pyridine rings is 2. The lowest BCUT2D eigenvalue weighted by Gasteiger charge is -2.27. The van der Waals surface area contributed by atoms with Crippen molar-refractivity contribution >= 4 is 21.7 Å². The Bertz CT molecular complexity index is 1380. The Hall–Kier alpha value is -3.77. The molecule has 0 unspecified atom stereocenters. The molecule has 1 aliphatic rings. The van der Waals surface area contributed by atoms with Gasteiger partial charge in [-0.05, 0) is 42.3 Å². The third kappa shape index (κ3) is 6.07. The van der Waals surface area contributed by atoms with Crippen molar-refractivity contribution in [1.29, 1.82) is 0 Å². The molecule has 0 aliphatic carbocycles. The Labute approximate surface area is 207 Å². The van der Waals surface area contributed by atoms with Crippen LogP contribution in [0.15, 0.2) is 53.6 Å². The summed E-state index contributed by atoms with van der Waals surface area (Å²) in [6.07, 6.45) is -0.371. The molecule has 2 aromatic heterocycles. The molecule has 3 N–H and O–H groups in total. The standard InChI is InChI=1S/C24H25FN4O6S/c1-14(2)11-34-17-9-15(8-16(25)10-17)20-7-6-19(24(27-20)35-18-12-33-13-18)23(30)29-36(31,32)22-5-3-4-21(26)28-22/h3-10,14,18H,11-13H2,1-2H3,(H2,26,28)(H,29,30). The highest BCUT2D eigenvalue weighted by Crippen LogP contribution is 2.29. The first-order chi connectivity index (χ1) is 17.1. The summed E-state index contributed by atoms with van der Waals surface area (Å²) in [5, 5.41) is -0.413. The molecule has 10 nitrogen and oxygen atoms in total. The average molecular weight is 517 g/mol. The molecule has 0 saturated carbocycles. The predicted molar refractivity (Wildman–Crippen MR) is 129 cm³/mol. The minimum absolute atomic E-state index is 0.0165. The third-order valence-corrected chi connectivity index (χ3v) is 6.22. The monoisotopic (exact) mass is 516 g/mol. The highest BCUT2D eigenvalue weighted by Gasteiger charge is 2.27. The van der Waals surface area contributed by atoms with Crippen molar-refractivity contribution in [2.75, 3.05) is 25.6 Å². The Morgan fingerprint density at radius 3 is 2.64 bits per heavy atom. The molecule has 12 heteroatoms. The number of ether oxygens (including phenoxy) is 3. The summed E-state index contributed by atoms with van der Waals surface area (Å²) >= 11 is 0. The second-order valence-corrected chi connectivity index (χ2v) is 10.2. The number of halogens is 1. The van der Waals surface area contributed by atoms with E-state index < -0.39 is 26.8 Å². The maximum atomic E-state index is 14.3. The molecule has 190 valence electrons. The Kier molecular flexibility index (Phi) is 7.36. The van der Waals surface area contributed by atoms with Crippen LogP contribution >= 0.6 is 0 Å². The summed E-state index contributed by atoms with van der Waals surface area (Å²) < 4.78 is 58.1. The molecule has 1 amide bonds. The molecule has 0 radical (unpaired) electrons. The molecule has 3 heterocycles. The zero-order valence-electron chi connectivity index (χ0n) is 19.6. The van der Waals surface area contributed by atoms with Gasteiger partial charge in [0.25, 0.3) is 15.9 Å². The Balaban J connectivity index is 1.65. The van der Waals surface area contributed by atoms with E-state index in [0.29, 0.717) is 23.6 Å². The van der Waals surface area contributed by atoms with E-state index in [2.05, 4.69) is 9.97 Å². The van der Waals surface area contributed by atoms with Gasteiger partial charge in [0, 0.05) is 11.6 Å². The van der Waals surface area contributed by atoms with Gasteiger partial charge >= 0.3 is 0 Å². The van der Waals surface area contributed by atoms with Gasteiger partial charge in [0.1, 0.15) is 29.1 Å². The quantitative estimate of drug-likeness (QED) is 0.439. The first-order valence-electron chi connectivity index (χ1n) is 11.1. The van der Waals surface area contributed by atoms with Crippen molar-refractivity contribution in [3.63, 3.8) is 0 Å². The molecule has 1 aromatic carbocycles. The molecule has 0 spiro atoms. The zero-order chi connectivity index (χ0) is 25.9. The van der Waals surface area contributed by atoms with E-state index in [-0.39, 0.29) is 42.5 Å². The van der Waals surface area contributed by atoms with Crippen molar-refractivity contribution < 1.29 is 31.8 Å². The number of sulfonamides is 1. The lowest BCUT2D eigenvalue weighted by Crippen LogP contribution is -2.39. The largest absolute Gasteiger partial charge is 0.493 e. The average Bonchev–Trinajstić information content (AvgIpc) is 2.79. The number of hydrogen-bond donors (Lipinski definition) is 2. The molecule has 1 saturated heterocycles. The van der Waals surface area contributed by atoms with E-state index in [1.165, 1.54) is 42.5 Å². The number of hydrogen-bond acceptors (Lipinski definition) is 9. The molecule has 1 fully saturated rings. The van der Waals surface area contributed by atoms with Crippen LogP contribution in [0.3, 0.4) is 0 Å². The van der Waals surface area contributed by atoms with Crippen LogP contribution in [0.25, 0.3) is 11.3 Å². The third-order valence-electron chi connectivity index (χ3n) is 4.99. The van der Waals surface area contributed by atoms with Crippen LogP contribution in [0.1, 0.15) is 24.2 Å². The highest BCUT2D eigenvalue weighted by molar-refractivity contribution is 7.90. The summed E-state index contributed by atoms with van der Waals surface area (Å²) in [5.74, 6) is -1.06. The smallest absolute Gasteiger partial charge is 0.281 e. The normalized spacial score (nSPS) is 13.8. The molecule has 36 heavy (non-hydrogen) atoms. The fourth-order valence-corrected chi connectivity index (χ4v) is 4.11. The SMILES string of the molecule is CC(C)COc1cc(F)cc(-c2ccc(C(=O)NS(=O)(=O)c3cccc(N)n3)c(OC3COC3)n2)c1. The van der Waals surface area contributed by atoms with Gasteiger partial charge in [-0.3, -0.25) is 4.79 Å². The molecule has 1 aliphatic heterocycles. The van der Waals surface area contributed by atoms with E-state index in [9.17, 15) is 17.6 Å². The molecule has 0 bridgehead atoms. The molecule has 4 rings (SSSR count). The number of amides is 1. The molecule has 3 aromatic rings. The summed E-state index contributed by atoms with van der Waals surface area (Å²) in [6.45, 7) is 4.92. The lowest BCUT2D eigenvalue weighted by molar-refractivity contribution is -0.0814. The summed E-state index contributed by atoms with van der Waals surface area (Å²) in [7, 11) is -4.32. The van der Waals surface area contributed by atoms with Crippen LogP contribution in [-0.2, 0) is 14.8 Å². The molecule has 0 atom stereocenters. The maximum absolute atomic E-state index is 14.3. The second kappa shape index (κ2) is 10.5. The number of anilines is 1. The van der Waals surface area contributed by atoms with Gasteiger partial charge in [0.15, 0.2) is 5.03 Å². The number of nitrogens with two attached hydrogens (primary N) is 1. The summed E-state index contributed by atoms with van der Waals surface area (Å²) in [6, 6.07) is 11.0. The maximum Gasteiger partial charge on any atom is 0.281 e. The van der Waals surface area contributed by atoms with E-state index in [1.807, 2.05) is 18.6 Å². The number of rotatable bonds is 9. The number of carbonyl (C=O) groups is 1. The van der Waals surface area contributed by atoms with Crippen LogP contribution < -0.4 is 19.9 Å². The summed E-state index contributed by atoms with van der Waals surface area (Å²) in [4.78, 5) is 21.1. The lowest BCUT2D eigenvalue weighted by atomic mass is 10.1. The molecular weight excluding hydrogens is 491 g/mol. The molecular formula is C24H25FN4O6S. The zero-order valence-corrected chi connectivity index (χ0v) is 20.4. The number of nitrogens with one attached hydrogen (secondary N) is 1. The van der Waals surface area contributed by atoms with Crippen LogP contribution in [-0.4, -0.2) is 50.2 Å². The fourth-order valence-electron chi connectivity index (χ4n) is 3.17. The van der Waals surface area contributed by atoms with Gasteiger partial charge in [-0.15, -0.1) is 0 Å². The number of nitrogen functional groups attached to an aromatic ring is 1. The first kappa shape index (κ1) is 25.3. The Morgan fingerprint density at radius 2 is 1.97 bits per heavy atom. The fraction of sp³-hybridized carbons (Fsp3) is 0.292. The van der Waals surface area contributed by atoms with Crippen molar-refractivity contribution in [3.05, 3.63) is 59.9 Å². The van der Waals surface area contributed by atoms with Gasteiger partial charge in [-0.2, -0.15) is 8.42 Å². The van der Waals surface area contributed by atoms with Crippen LogP contribution in [0, 0.1) is 11.7 Å². The number of carbonyl (C=O) groups excluding carboxylic acids is 1. The second-order valence-electron chi connectivity index (χ2n) is 8.54. The van der Waals surface area contributed by atoms with Gasteiger partial charge in [0.2, 0.25) is 5.88 Å². The minimum Gasteiger partial charge on any atom is -0.493 e. The van der Waals surface area contributed by atoms with Crippen molar-refractivity contribution in [3.8, 4) is 22.9 Å². The van der Waals surface area contributed by atoms with E-state index in [4.69, 9.17) is 19.9 Å². The van der Waals surface area contributed by atoms with E-state index >= 15 is 0 Å². The predicted octanol–water partition coefficient (Wildman–Crippen LogP) is 2.80. The van der Waals surface area contributed by atoms with Crippen molar-refractivity contribution in [2.24, 2.45) is 5.92 Å². The summed E-state index contributed by atoms with van der Waals surface area (Å²) in [5.41, 5.74) is 6.12. The van der Waals surface area contributed by atoms with Gasteiger partial charge < -0.3 is 19.9 Å². The van der Waals surface area contributed by atoms with Crippen LogP contribution in [0.2, 0.25) is 0 Å². The van der Waals surface area contributed by atoms with Gasteiger partial charge in [-0.1, -0.05) is 19.9 Å². The number of benzene rings is 1. The number of aromatic nitrogens is 2. The minimum atomic E-state index is -4.32. The van der Waals surface area contributed by atoms with Crippen molar-refractivity contribution in [1.82, 2.24) is 14.7 Å². The van der Waals surface area contributed by atoms with Gasteiger partial charge in [-0.25, -0.2) is 19.1 Å². The van der Waals surface area contributed by atoms with E-state index in [1.54, 1.807) is 6.07 Å². The van der Waals surface area contributed by atoms with Crippen LogP contribution in [0.4, 0.5) is 10.2 Å². The first-order valence-corrected chi connectivity index (χ1v) is 12.6. The topological polar surface area (TPSA) is 143 Å². The van der Waals surface area contributed by atoms with Crippen LogP contribution in [0.5, 0.6) is 11.6 Å². The number of nitrogens with zero attached hydrogens (tertiary/aromatic N) is 2. The van der Waals surface area contributed by atoms with E-state index in [0.717, 1.165) is 0 Å².